The van der Waals surface area contributed by atoms with Gasteiger partial charge >= 0.3 is 0 Å². The summed E-state index contributed by atoms with van der Waals surface area (Å²) in [5.74, 6) is 0. The van der Waals surface area contributed by atoms with Crippen molar-refractivity contribution in [2.24, 2.45) is 0 Å². The van der Waals surface area contributed by atoms with E-state index in [9.17, 15) is 0 Å². The van der Waals surface area contributed by atoms with Gasteiger partial charge in [0.2, 0.25) is 0 Å². The predicted molar refractivity (Wildman–Crippen MR) is 44.1 cm³/mol. The van der Waals surface area contributed by atoms with Gasteiger partial charge < -0.3 is 4.74 Å². The standard InChI is InChI=1S/C8H18NO2/c1-4-6-9-11-8(3)10-7-5-2/h8H,4-7H2,1-3H3. The molecule has 0 bridgehead atoms. The Hall–Kier alpha value is -0.120. The first-order chi connectivity index (χ1) is 5.31. The molecule has 0 rings (SSSR count). The van der Waals surface area contributed by atoms with E-state index in [0.717, 1.165) is 26.0 Å². The van der Waals surface area contributed by atoms with Crippen LogP contribution in [-0.2, 0) is 9.57 Å². The summed E-state index contributed by atoms with van der Waals surface area (Å²) in [6.45, 7) is 7.47. The van der Waals surface area contributed by atoms with E-state index in [1.165, 1.54) is 0 Å². The van der Waals surface area contributed by atoms with E-state index >= 15 is 0 Å². The Balaban J connectivity index is 3.02. The molecule has 0 fully saturated rings. The molecule has 3 nitrogen and oxygen atoms in total. The van der Waals surface area contributed by atoms with Gasteiger partial charge in [0, 0.05) is 13.2 Å². The molecule has 0 aliphatic rings. The molecule has 0 aromatic rings. The first-order valence-electron chi connectivity index (χ1n) is 4.25. The van der Waals surface area contributed by atoms with E-state index in [4.69, 9.17) is 9.57 Å². The van der Waals surface area contributed by atoms with Gasteiger partial charge in [-0.15, -0.1) is 0 Å². The van der Waals surface area contributed by atoms with Crippen molar-refractivity contribution >= 4 is 0 Å². The summed E-state index contributed by atoms with van der Waals surface area (Å²) < 4.78 is 5.22. The molecule has 0 saturated carbocycles. The molecule has 11 heavy (non-hydrogen) atoms. The predicted octanol–water partition coefficient (Wildman–Crippen LogP) is 1.70. The van der Waals surface area contributed by atoms with Crippen molar-refractivity contribution in [3.05, 3.63) is 0 Å². The maximum Gasteiger partial charge on any atom is 0.176 e. The Kier molecular flexibility index (Phi) is 7.89. The molecule has 0 amide bonds. The molecule has 0 aromatic carbocycles. The van der Waals surface area contributed by atoms with Crippen LogP contribution in [0.25, 0.3) is 0 Å². The summed E-state index contributed by atoms with van der Waals surface area (Å²) in [6.07, 6.45) is 1.84. The average molecular weight is 160 g/mol. The van der Waals surface area contributed by atoms with Gasteiger partial charge in [0.1, 0.15) is 0 Å². The Morgan fingerprint density at radius 3 is 2.55 bits per heavy atom. The highest BCUT2D eigenvalue weighted by Gasteiger charge is 2.00. The Morgan fingerprint density at radius 2 is 2.00 bits per heavy atom. The van der Waals surface area contributed by atoms with Crippen LogP contribution >= 0.6 is 0 Å². The van der Waals surface area contributed by atoms with Crippen molar-refractivity contribution in [1.29, 1.82) is 0 Å². The van der Waals surface area contributed by atoms with Crippen molar-refractivity contribution in [1.82, 2.24) is 5.48 Å². The second-order valence-corrected chi connectivity index (χ2v) is 2.40. The summed E-state index contributed by atoms with van der Waals surface area (Å²) in [7, 11) is 0. The minimum atomic E-state index is -0.193. The highest BCUT2D eigenvalue weighted by atomic mass is 16.8. The lowest BCUT2D eigenvalue weighted by Crippen LogP contribution is -2.19. The lowest BCUT2D eigenvalue weighted by molar-refractivity contribution is -0.172. The number of hydrogen-bond donors (Lipinski definition) is 0. The van der Waals surface area contributed by atoms with Gasteiger partial charge in [0.25, 0.3) is 0 Å². The van der Waals surface area contributed by atoms with Crippen molar-refractivity contribution < 1.29 is 9.57 Å². The molecule has 0 N–H and O–H groups in total. The van der Waals surface area contributed by atoms with Gasteiger partial charge in [-0.2, -0.15) is 0 Å². The van der Waals surface area contributed by atoms with Gasteiger partial charge in [-0.05, 0) is 19.8 Å². The van der Waals surface area contributed by atoms with Gasteiger partial charge in [0.05, 0.1) is 0 Å². The van der Waals surface area contributed by atoms with Crippen LogP contribution in [-0.4, -0.2) is 19.4 Å². The van der Waals surface area contributed by atoms with Crippen LogP contribution in [0.15, 0.2) is 0 Å². The maximum atomic E-state index is 5.22. The van der Waals surface area contributed by atoms with E-state index in [1.807, 2.05) is 6.92 Å². The lowest BCUT2D eigenvalue weighted by atomic mass is 10.5. The summed E-state index contributed by atoms with van der Waals surface area (Å²) in [6, 6.07) is 0. The van der Waals surface area contributed by atoms with Gasteiger partial charge in [-0.25, -0.2) is 0 Å². The third kappa shape index (κ3) is 7.78. The number of nitrogens with zero attached hydrogens (tertiary/aromatic N) is 1. The molecule has 0 saturated heterocycles. The lowest BCUT2D eigenvalue weighted by Gasteiger charge is -2.11. The fraction of sp³-hybridized carbons (Fsp3) is 1.00. The zero-order chi connectivity index (χ0) is 8.53. The number of hydrogen-bond acceptors (Lipinski definition) is 2. The quantitative estimate of drug-likeness (QED) is 0.322. The van der Waals surface area contributed by atoms with E-state index in [-0.39, 0.29) is 6.29 Å². The summed E-state index contributed by atoms with van der Waals surface area (Å²) in [4.78, 5) is 4.99. The molecule has 1 atom stereocenters. The highest BCUT2D eigenvalue weighted by Crippen LogP contribution is 1.92. The Labute approximate surface area is 69.0 Å². The van der Waals surface area contributed by atoms with E-state index in [1.54, 1.807) is 0 Å². The number of rotatable bonds is 7. The van der Waals surface area contributed by atoms with Crippen molar-refractivity contribution in [3.63, 3.8) is 0 Å². The largest absolute Gasteiger partial charge is 0.351 e. The third-order valence-corrected chi connectivity index (χ3v) is 1.09. The molecule has 0 aliphatic heterocycles. The molecular weight excluding hydrogens is 142 g/mol. The van der Waals surface area contributed by atoms with E-state index in [2.05, 4.69) is 19.3 Å². The zero-order valence-electron chi connectivity index (χ0n) is 7.67. The van der Waals surface area contributed by atoms with Gasteiger partial charge in [-0.1, -0.05) is 19.3 Å². The van der Waals surface area contributed by atoms with Crippen LogP contribution in [0.2, 0.25) is 0 Å². The molecule has 3 heteroatoms. The SMILES string of the molecule is CCC[N]OC(C)OCCC. The van der Waals surface area contributed by atoms with Crippen molar-refractivity contribution in [3.8, 4) is 0 Å². The first-order valence-corrected chi connectivity index (χ1v) is 4.25. The monoisotopic (exact) mass is 160 g/mol. The smallest absolute Gasteiger partial charge is 0.176 e. The molecule has 0 aromatic heterocycles. The molecule has 67 valence electrons. The Bertz CT molecular complexity index is 78.5. The number of hydroxylamine groups is 1. The zero-order valence-corrected chi connectivity index (χ0v) is 7.67. The minimum Gasteiger partial charge on any atom is -0.351 e. The van der Waals surface area contributed by atoms with Gasteiger partial charge in [0.15, 0.2) is 6.29 Å². The molecule has 0 spiro atoms. The molecular formula is C8H18NO2. The fourth-order valence-electron chi connectivity index (χ4n) is 0.563. The topological polar surface area (TPSA) is 32.6 Å². The maximum absolute atomic E-state index is 5.22. The normalized spacial score (nSPS) is 13.4. The van der Waals surface area contributed by atoms with Crippen LogP contribution in [0.1, 0.15) is 33.6 Å². The summed E-state index contributed by atoms with van der Waals surface area (Å²) in [5, 5.41) is 0. The van der Waals surface area contributed by atoms with E-state index < -0.39 is 0 Å². The van der Waals surface area contributed by atoms with Crippen LogP contribution in [0.4, 0.5) is 0 Å². The van der Waals surface area contributed by atoms with Crippen molar-refractivity contribution in [2.75, 3.05) is 13.2 Å². The first kappa shape index (κ1) is 10.9. The van der Waals surface area contributed by atoms with Crippen LogP contribution in [0.3, 0.4) is 0 Å². The molecule has 0 heterocycles. The summed E-state index contributed by atoms with van der Waals surface area (Å²) >= 11 is 0. The van der Waals surface area contributed by atoms with Crippen molar-refractivity contribution in [2.45, 2.75) is 39.9 Å². The van der Waals surface area contributed by atoms with Crippen LogP contribution < -0.4 is 5.48 Å². The van der Waals surface area contributed by atoms with E-state index in [0.29, 0.717) is 0 Å². The highest BCUT2D eigenvalue weighted by molar-refractivity contribution is 4.31. The van der Waals surface area contributed by atoms with Crippen LogP contribution in [0.5, 0.6) is 0 Å². The fourth-order valence-corrected chi connectivity index (χ4v) is 0.563. The number of ether oxygens (including phenoxy) is 1. The molecule has 1 unspecified atom stereocenters. The average Bonchev–Trinajstić information content (AvgIpc) is 2.01. The van der Waals surface area contributed by atoms with Gasteiger partial charge in [-0.3, -0.25) is 4.84 Å². The minimum absolute atomic E-state index is 0.193. The molecule has 0 aliphatic carbocycles. The third-order valence-electron chi connectivity index (χ3n) is 1.09. The van der Waals surface area contributed by atoms with Crippen LogP contribution in [0, 0.1) is 0 Å². The molecule has 1 radical (unpaired) electrons. The summed E-state index contributed by atoms with van der Waals surface area (Å²) in [5.41, 5.74) is 3.82. The second-order valence-electron chi connectivity index (χ2n) is 2.40. The Morgan fingerprint density at radius 1 is 1.27 bits per heavy atom. The second kappa shape index (κ2) is 7.98.